The maximum atomic E-state index is 13.8. The summed E-state index contributed by atoms with van der Waals surface area (Å²) in [7, 11) is -4.27. The maximum Gasteiger partial charge on any atom is 0.459 e. The summed E-state index contributed by atoms with van der Waals surface area (Å²) in [5.41, 5.74) is -2.60. The van der Waals surface area contributed by atoms with Crippen molar-refractivity contribution in [3.8, 4) is 5.75 Å². The number of benzene rings is 1. The number of aromatic amines is 1. The third kappa shape index (κ3) is 7.66. The first-order valence-electron chi connectivity index (χ1n) is 11.5. The van der Waals surface area contributed by atoms with Crippen molar-refractivity contribution >= 4 is 47.3 Å². The number of H-pyrrole nitrogens is 1. The van der Waals surface area contributed by atoms with Crippen molar-refractivity contribution < 1.29 is 33.0 Å². The Balaban J connectivity index is 1.80. The van der Waals surface area contributed by atoms with Crippen molar-refractivity contribution in [2.45, 2.75) is 51.2 Å². The van der Waals surface area contributed by atoms with Gasteiger partial charge in [0.15, 0.2) is 0 Å². The summed E-state index contributed by atoms with van der Waals surface area (Å²) in [5, 5.41) is 13.6. The summed E-state index contributed by atoms with van der Waals surface area (Å²) in [5.74, 6) is -0.547. The van der Waals surface area contributed by atoms with Gasteiger partial charge in [0.05, 0.1) is 24.9 Å². The lowest BCUT2D eigenvalue weighted by Crippen LogP contribution is -2.47. The minimum atomic E-state index is -4.27. The van der Waals surface area contributed by atoms with Crippen molar-refractivity contribution in [2.24, 2.45) is 0 Å². The Hall–Kier alpha value is -2.25. The quantitative estimate of drug-likeness (QED) is 0.247. The zero-order valence-corrected chi connectivity index (χ0v) is 24.0. The molecule has 2 unspecified atom stereocenters. The number of carbonyl (C=O) groups is 1. The van der Waals surface area contributed by atoms with Crippen LogP contribution in [-0.2, 0) is 23.4 Å². The van der Waals surface area contributed by atoms with Crippen LogP contribution in [0, 0.1) is 0 Å². The fourth-order valence-corrected chi connectivity index (χ4v) is 5.62. The molecule has 4 atom stereocenters. The smallest absolute Gasteiger partial charge is 0.459 e. The minimum Gasteiger partial charge on any atom is -0.465 e. The van der Waals surface area contributed by atoms with Gasteiger partial charge < -0.3 is 19.1 Å². The Morgan fingerprint density at radius 1 is 1.37 bits per heavy atom. The van der Waals surface area contributed by atoms with Gasteiger partial charge in [-0.1, -0.05) is 27.5 Å². The lowest BCUT2D eigenvalue weighted by atomic mass is 10.1. The molecule has 12 nitrogen and oxygen atoms in total. The highest BCUT2D eigenvalue weighted by Gasteiger charge is 2.43. The number of nitrogens with one attached hydrogen (secondary N) is 2. The van der Waals surface area contributed by atoms with Crippen LogP contribution in [0.2, 0.25) is 5.02 Å². The normalized spacial score (nSPS) is 21.4. The molecule has 208 valence electrons. The molecule has 0 amide bonds. The van der Waals surface area contributed by atoms with Gasteiger partial charge in [0.1, 0.15) is 23.6 Å². The van der Waals surface area contributed by atoms with E-state index in [1.807, 2.05) is 0 Å². The Morgan fingerprint density at radius 2 is 2.05 bits per heavy atom. The molecule has 0 spiro atoms. The Bertz CT molecular complexity index is 1330. The van der Waals surface area contributed by atoms with E-state index < -0.39 is 55.5 Å². The third-order valence-electron chi connectivity index (χ3n) is 5.40. The van der Waals surface area contributed by atoms with Crippen LogP contribution in [-0.4, -0.2) is 51.6 Å². The van der Waals surface area contributed by atoms with Gasteiger partial charge in [-0.15, -0.1) is 0 Å². The monoisotopic (exact) mass is 635 g/mol. The highest BCUT2D eigenvalue weighted by atomic mass is 79.9. The molecule has 38 heavy (non-hydrogen) atoms. The van der Waals surface area contributed by atoms with Gasteiger partial charge in [0.25, 0.3) is 5.56 Å². The molecule has 3 N–H and O–H groups in total. The highest BCUT2D eigenvalue weighted by Crippen LogP contribution is 2.47. The molecule has 0 aliphatic carbocycles. The molecule has 1 aromatic heterocycles. The fourth-order valence-electron chi connectivity index (χ4n) is 3.52. The molecule has 3 rings (SSSR count). The molecule has 1 aliphatic heterocycles. The average molecular weight is 637 g/mol. The van der Waals surface area contributed by atoms with E-state index in [0.717, 1.165) is 4.57 Å². The van der Waals surface area contributed by atoms with E-state index in [1.165, 1.54) is 55.4 Å². The lowest BCUT2D eigenvalue weighted by molar-refractivity contribution is -0.149. The topological polar surface area (TPSA) is 158 Å². The molecule has 1 fully saturated rings. The largest absolute Gasteiger partial charge is 0.465 e. The van der Waals surface area contributed by atoms with E-state index in [2.05, 4.69) is 26.0 Å². The number of aromatic nitrogens is 2. The first-order valence-corrected chi connectivity index (χ1v) is 14.3. The number of aliphatic hydroxyl groups is 1. The summed E-state index contributed by atoms with van der Waals surface area (Å²) in [4.78, 5) is 40.4. The van der Waals surface area contributed by atoms with Crippen LogP contribution in [0.4, 0.5) is 0 Å². The number of hydrogen-bond acceptors (Lipinski definition) is 9. The van der Waals surface area contributed by atoms with Crippen LogP contribution in [0.1, 0.15) is 39.0 Å². The van der Waals surface area contributed by atoms with E-state index in [4.69, 9.17) is 30.1 Å². The lowest BCUT2D eigenvalue weighted by Gasteiger charge is -2.29. The van der Waals surface area contributed by atoms with Crippen LogP contribution in [0.15, 0.2) is 45.0 Å². The molecule has 0 saturated carbocycles. The van der Waals surface area contributed by atoms with Crippen LogP contribution in [0.3, 0.4) is 0 Å². The molecule has 0 bridgehead atoms. The van der Waals surface area contributed by atoms with Gasteiger partial charge in [-0.2, -0.15) is 5.09 Å². The molecule has 15 heteroatoms. The number of ether oxygens (including phenoxy) is 2. The molecular formula is C23H28BrClN3O9P. The molecule has 1 aromatic carbocycles. The molecule has 1 saturated heterocycles. The van der Waals surface area contributed by atoms with E-state index in [9.17, 15) is 24.1 Å². The Morgan fingerprint density at radius 3 is 2.68 bits per heavy atom. The van der Waals surface area contributed by atoms with Crippen molar-refractivity contribution in [1.29, 1.82) is 0 Å². The van der Waals surface area contributed by atoms with Crippen molar-refractivity contribution in [1.82, 2.24) is 14.6 Å². The summed E-state index contributed by atoms with van der Waals surface area (Å²) < 4.78 is 37.0. The van der Waals surface area contributed by atoms with Crippen LogP contribution >= 0.6 is 35.3 Å². The first-order chi connectivity index (χ1) is 17.9. The zero-order chi connectivity index (χ0) is 28.1. The number of rotatable bonds is 11. The van der Waals surface area contributed by atoms with E-state index in [-0.39, 0.29) is 24.3 Å². The van der Waals surface area contributed by atoms with Crippen LogP contribution in [0.5, 0.6) is 5.75 Å². The zero-order valence-electron chi connectivity index (χ0n) is 20.8. The van der Waals surface area contributed by atoms with E-state index in [0.29, 0.717) is 5.02 Å². The predicted molar refractivity (Wildman–Crippen MR) is 143 cm³/mol. The molecule has 0 radical (unpaired) electrons. The Labute approximate surface area is 231 Å². The molecule has 2 heterocycles. The minimum absolute atomic E-state index is 0.0124. The summed E-state index contributed by atoms with van der Waals surface area (Å²) in [6.45, 7) is 4.21. The Kier molecular flexibility index (Phi) is 10.2. The first kappa shape index (κ1) is 30.3. The van der Waals surface area contributed by atoms with Crippen molar-refractivity contribution in [3.05, 3.63) is 66.9 Å². The predicted octanol–water partition coefficient (Wildman–Crippen LogP) is 3.34. The second kappa shape index (κ2) is 12.7. The van der Waals surface area contributed by atoms with Gasteiger partial charge in [0.2, 0.25) is 0 Å². The second-order valence-electron chi connectivity index (χ2n) is 8.77. The van der Waals surface area contributed by atoms with Gasteiger partial charge >= 0.3 is 19.4 Å². The maximum absolute atomic E-state index is 13.8. The highest BCUT2D eigenvalue weighted by molar-refractivity contribution is 9.11. The van der Waals surface area contributed by atoms with Crippen LogP contribution in [0.25, 0.3) is 6.08 Å². The van der Waals surface area contributed by atoms with Gasteiger partial charge in [-0.3, -0.25) is 23.7 Å². The second-order valence-corrected chi connectivity index (χ2v) is 11.4. The number of esters is 1. The third-order valence-corrected chi connectivity index (χ3v) is 7.69. The summed E-state index contributed by atoms with van der Waals surface area (Å²) in [6, 6.07) is 5.98. The summed E-state index contributed by atoms with van der Waals surface area (Å²) in [6.07, 6.45) is -0.341. The standard InChI is InChI=1S/C23H28BrClN3O9P/c1-4-34-21(31)23(2,3)27-38(33,37-16-7-5-15(25)6-8-16)35-13-18-17(29)11-19(36-18)28-12-14(9-10-24)20(30)26-22(28)32/h5-10,12,17-19,29H,4,11,13H2,1-3H3,(H,27,33)(H,26,30,32)/b10-9+/t17?,18-,19-,38?/m1/s1. The summed E-state index contributed by atoms with van der Waals surface area (Å²) >= 11 is 9.00. The van der Waals surface area contributed by atoms with Crippen molar-refractivity contribution in [2.75, 3.05) is 13.2 Å². The molecule has 2 aromatic rings. The number of nitrogens with zero attached hydrogens (tertiary/aromatic N) is 1. The van der Waals surface area contributed by atoms with Gasteiger partial charge in [0, 0.05) is 17.6 Å². The number of aliphatic hydroxyl groups excluding tert-OH is 1. The van der Waals surface area contributed by atoms with E-state index in [1.54, 1.807) is 6.92 Å². The van der Waals surface area contributed by atoms with Gasteiger partial charge in [-0.25, -0.2) is 9.36 Å². The van der Waals surface area contributed by atoms with Crippen molar-refractivity contribution in [3.63, 3.8) is 0 Å². The molecule has 1 aliphatic rings. The van der Waals surface area contributed by atoms with Crippen LogP contribution < -0.4 is 20.9 Å². The SMILES string of the molecule is CCOC(=O)C(C)(C)NP(=O)(OC[C@H]1O[C@@H](n2cc(/C=C/Br)c(=O)[nH]c2=O)CC1O)Oc1ccc(Cl)cc1. The number of halogens is 2. The fraction of sp³-hybridized carbons (Fsp3) is 0.435. The van der Waals surface area contributed by atoms with E-state index >= 15 is 0 Å². The van der Waals surface area contributed by atoms with Gasteiger partial charge in [-0.05, 0) is 56.1 Å². The number of carbonyl (C=O) groups excluding carboxylic acids is 1. The number of hydrogen-bond donors (Lipinski definition) is 3. The average Bonchev–Trinajstić information content (AvgIpc) is 3.21. The molecular weight excluding hydrogens is 609 g/mol.